The lowest BCUT2D eigenvalue weighted by Gasteiger charge is -2.39. The number of piperidine rings is 1. The zero-order chi connectivity index (χ0) is 22.5. The van der Waals surface area contributed by atoms with Crippen LogP contribution in [0.1, 0.15) is 47.6 Å². The molecule has 2 atom stereocenters. The normalized spacial score (nSPS) is 21.5. The topological polar surface area (TPSA) is 81.5 Å². The Morgan fingerprint density at radius 2 is 1.59 bits per heavy atom. The summed E-state index contributed by atoms with van der Waals surface area (Å²) >= 11 is 0. The molecule has 3 heterocycles. The van der Waals surface area contributed by atoms with Gasteiger partial charge < -0.3 is 9.45 Å². The van der Waals surface area contributed by atoms with E-state index in [-0.39, 0.29) is 18.0 Å². The number of aryl methyl sites for hydroxylation is 1. The first-order chi connectivity index (χ1) is 15.4. The van der Waals surface area contributed by atoms with Crippen LogP contribution < -0.4 is 0 Å². The Hall–Kier alpha value is -2.81. The fraction of sp³-hybridized carbons (Fsp3) is 0.333. The molecule has 166 valence electrons. The van der Waals surface area contributed by atoms with Crippen molar-refractivity contribution in [2.45, 2.75) is 43.7 Å². The van der Waals surface area contributed by atoms with E-state index in [1.807, 2.05) is 55.1 Å². The van der Waals surface area contributed by atoms with Gasteiger partial charge in [0.15, 0.2) is 15.3 Å². The van der Waals surface area contributed by atoms with Crippen LogP contribution in [0.15, 0.2) is 65.6 Å². The first-order valence-electron chi connectivity index (χ1n) is 10.9. The van der Waals surface area contributed by atoms with Gasteiger partial charge in [-0.15, -0.1) is 4.31 Å². The second-order valence-corrected chi connectivity index (χ2v) is 10.4. The van der Waals surface area contributed by atoms with Crippen LogP contribution >= 0.6 is 0 Å². The molecule has 0 bridgehead atoms. The molecule has 1 aromatic heterocycles. The van der Waals surface area contributed by atoms with Gasteiger partial charge in [-0.2, -0.15) is 5.10 Å². The summed E-state index contributed by atoms with van der Waals surface area (Å²) in [6.07, 6.45) is 1.23. The van der Waals surface area contributed by atoms with E-state index in [2.05, 4.69) is 5.10 Å². The number of carbonyl (C=O) groups excluding carboxylic acids is 1. The molecule has 5 rings (SSSR count). The van der Waals surface area contributed by atoms with Gasteiger partial charge in [-0.05, 0) is 51.0 Å². The summed E-state index contributed by atoms with van der Waals surface area (Å²) in [5.41, 5.74) is 3.32. The van der Waals surface area contributed by atoms with Gasteiger partial charge in [0.2, 0.25) is 0 Å². The smallest absolute Gasteiger partial charge is 0.273 e. The van der Waals surface area contributed by atoms with Gasteiger partial charge in [0, 0.05) is 24.7 Å². The predicted octanol–water partition coefficient (Wildman–Crippen LogP) is 3.77. The lowest BCUT2D eigenvalue weighted by molar-refractivity contribution is 0.0559. The Bertz CT molecular complexity index is 1190. The van der Waals surface area contributed by atoms with E-state index in [1.165, 1.54) is 4.31 Å². The van der Waals surface area contributed by atoms with E-state index in [1.54, 1.807) is 28.9 Å². The highest BCUT2D eigenvalue weighted by Gasteiger charge is 2.45. The van der Waals surface area contributed by atoms with Crippen LogP contribution in [0.3, 0.4) is 0 Å². The summed E-state index contributed by atoms with van der Waals surface area (Å²) < 4.78 is 29.2. The zero-order valence-electron chi connectivity index (χ0n) is 18.2. The van der Waals surface area contributed by atoms with E-state index in [0.717, 1.165) is 16.9 Å². The number of hydrogen-bond acceptors (Lipinski definition) is 4. The van der Waals surface area contributed by atoms with Gasteiger partial charge in [-0.1, -0.05) is 40.6 Å². The summed E-state index contributed by atoms with van der Waals surface area (Å²) in [5.74, 6) is -0.0266. The van der Waals surface area contributed by atoms with Gasteiger partial charge in [-0.25, -0.2) is 4.68 Å². The van der Waals surface area contributed by atoms with Crippen molar-refractivity contribution < 1.29 is 13.6 Å². The molecular formula is C24H26N4O3S. The highest BCUT2D eigenvalue weighted by Crippen LogP contribution is 2.40. The fourth-order valence-electron chi connectivity index (χ4n) is 5.02. The Morgan fingerprint density at radius 3 is 2.22 bits per heavy atom. The average Bonchev–Trinajstić information content (AvgIpc) is 3.30. The van der Waals surface area contributed by atoms with Crippen LogP contribution in [-0.4, -0.2) is 48.6 Å². The fourth-order valence-corrected chi connectivity index (χ4v) is 6.51. The van der Waals surface area contributed by atoms with Crippen molar-refractivity contribution in [3.8, 4) is 5.69 Å². The van der Waals surface area contributed by atoms with Gasteiger partial charge in [0.05, 0.1) is 17.4 Å². The van der Waals surface area contributed by atoms with Crippen LogP contribution in [0, 0.1) is 6.92 Å². The number of sulfonamides is 1. The summed E-state index contributed by atoms with van der Waals surface area (Å²) in [6.45, 7) is 4.79. The summed E-state index contributed by atoms with van der Waals surface area (Å²) in [6, 6.07) is 18.1. The zero-order valence-corrected chi connectivity index (χ0v) is 19.0. The molecule has 2 aliphatic heterocycles. The molecule has 0 aliphatic carbocycles. The van der Waals surface area contributed by atoms with Crippen LogP contribution in [0.2, 0.25) is 0 Å². The Labute approximate surface area is 189 Å². The van der Waals surface area contributed by atoms with E-state index in [0.29, 0.717) is 36.5 Å². The molecule has 0 radical (unpaired) electrons. The van der Waals surface area contributed by atoms with E-state index >= 15 is 0 Å². The van der Waals surface area contributed by atoms with Crippen molar-refractivity contribution in [1.29, 1.82) is 0 Å². The first kappa shape index (κ1) is 21.1. The maximum absolute atomic E-state index is 13.5. The van der Waals surface area contributed by atoms with E-state index in [9.17, 15) is 13.6 Å². The third-order valence-corrected chi connectivity index (χ3v) is 8.49. The minimum atomic E-state index is -3.51. The lowest BCUT2D eigenvalue weighted by Crippen LogP contribution is -2.49. The number of amides is 1. The molecule has 0 saturated carbocycles. The van der Waals surface area contributed by atoms with Crippen LogP contribution in [0.25, 0.3) is 5.69 Å². The highest BCUT2D eigenvalue weighted by atomic mass is 32.3. The molecule has 1 saturated heterocycles. The minimum Gasteiger partial charge on any atom is -0.593 e. The number of fused-ring (bicyclic) bond motifs is 1. The number of carbonyl (C=O) groups is 1. The van der Waals surface area contributed by atoms with E-state index in [4.69, 9.17) is 0 Å². The third kappa shape index (κ3) is 3.30. The van der Waals surface area contributed by atoms with Crippen molar-refractivity contribution in [3.05, 3.63) is 77.6 Å². The van der Waals surface area contributed by atoms with Crippen LogP contribution in [0.4, 0.5) is 0 Å². The molecule has 1 fully saturated rings. The maximum Gasteiger partial charge on any atom is 0.273 e. The molecular weight excluding hydrogens is 424 g/mol. The van der Waals surface area contributed by atoms with Crippen molar-refractivity contribution in [2.24, 2.45) is 0 Å². The van der Waals surface area contributed by atoms with Crippen molar-refractivity contribution in [1.82, 2.24) is 19.0 Å². The molecule has 0 N–H and O–H groups in total. The molecule has 2 unspecified atom stereocenters. The number of benzene rings is 2. The second-order valence-electron chi connectivity index (χ2n) is 8.43. The van der Waals surface area contributed by atoms with Gasteiger partial charge in [0.1, 0.15) is 5.69 Å². The van der Waals surface area contributed by atoms with Gasteiger partial charge >= 0.3 is 0 Å². The summed E-state index contributed by atoms with van der Waals surface area (Å²) in [7, 11) is -3.51. The number of nitrogens with zero attached hydrogens (tertiary/aromatic N) is 4. The standard InChI is InChI=1S/C24H26N4O3S/c1-17-22-18(2)27(24(29)23(22)28(25-17)20-9-5-3-6-10-20)19-13-15-26(16-14-19)32(30,31)21-11-7-4-8-12-21/h3-12,18-19H,13-16H2,1-2H3. The van der Waals surface area contributed by atoms with E-state index < -0.39 is 10.4 Å². The van der Waals surface area contributed by atoms with Crippen LogP contribution in [0.5, 0.6) is 0 Å². The van der Waals surface area contributed by atoms with Gasteiger partial charge in [-0.3, -0.25) is 4.79 Å². The summed E-state index contributed by atoms with van der Waals surface area (Å²) in [5, 5.41) is 4.64. The number of aromatic nitrogens is 2. The quantitative estimate of drug-likeness (QED) is 0.567. The molecule has 32 heavy (non-hydrogen) atoms. The molecule has 3 aromatic rings. The summed E-state index contributed by atoms with van der Waals surface area (Å²) in [4.78, 5) is 15.8. The minimum absolute atomic E-state index is 0.00394. The molecule has 8 heteroatoms. The number of para-hydroxylation sites is 1. The van der Waals surface area contributed by atoms with Crippen molar-refractivity contribution in [2.75, 3.05) is 13.1 Å². The predicted molar refractivity (Wildman–Crippen MR) is 121 cm³/mol. The largest absolute Gasteiger partial charge is 0.593 e. The first-order valence-corrected chi connectivity index (χ1v) is 12.4. The molecule has 2 aromatic carbocycles. The monoisotopic (exact) mass is 450 g/mol. The second kappa shape index (κ2) is 7.95. The average molecular weight is 451 g/mol. The third-order valence-electron chi connectivity index (χ3n) is 6.58. The van der Waals surface area contributed by atoms with Crippen LogP contribution in [-0.2, 0) is 14.6 Å². The highest BCUT2D eigenvalue weighted by molar-refractivity contribution is 7.95. The Morgan fingerprint density at radius 1 is 1.00 bits per heavy atom. The Balaban J connectivity index is 1.37. The van der Waals surface area contributed by atoms with Crippen molar-refractivity contribution >= 4 is 16.3 Å². The number of hydrogen-bond donors (Lipinski definition) is 0. The molecule has 2 aliphatic rings. The molecule has 1 amide bonds. The van der Waals surface area contributed by atoms with Crippen molar-refractivity contribution in [3.63, 3.8) is 0 Å². The maximum atomic E-state index is 13.5. The number of rotatable bonds is 4. The molecule has 0 spiro atoms. The Kier molecular flexibility index (Phi) is 5.23. The SMILES string of the molecule is Cc1nn(-c2ccccc2)c2c1C(C)N(C1CCN([S+](=O)([O-])c3ccccc3)CC1)C2=O. The lowest BCUT2D eigenvalue weighted by atomic mass is 10.0. The molecule has 7 nitrogen and oxygen atoms in total. The van der Waals surface area contributed by atoms with Gasteiger partial charge in [0.25, 0.3) is 5.91 Å².